The third-order valence-corrected chi connectivity index (χ3v) is 8.33. The minimum Gasteiger partial charge on any atom is -0.450 e. The van der Waals surface area contributed by atoms with E-state index in [-0.39, 0.29) is 0 Å². The molecule has 0 unspecified atom stereocenters. The van der Waals surface area contributed by atoms with E-state index < -0.39 is 0 Å². The van der Waals surface area contributed by atoms with E-state index in [1.54, 1.807) is 0 Å². The van der Waals surface area contributed by atoms with Crippen molar-refractivity contribution in [3.63, 3.8) is 0 Å². The Morgan fingerprint density at radius 1 is 0.318 bits per heavy atom. The van der Waals surface area contributed by atoms with E-state index in [1.165, 1.54) is 32.3 Å². The summed E-state index contributed by atoms with van der Waals surface area (Å²) in [6.45, 7) is 0. The van der Waals surface area contributed by atoms with Gasteiger partial charge in [-0.1, -0.05) is 103 Å². The predicted octanol–water partition coefficient (Wildman–Crippen LogP) is 10.8. The molecule has 2 heterocycles. The van der Waals surface area contributed by atoms with Gasteiger partial charge in [0.2, 0.25) is 0 Å². The minimum absolute atomic E-state index is 0.659. The number of hydrogen-bond donors (Lipinski definition) is 0. The van der Waals surface area contributed by atoms with E-state index in [0.29, 0.717) is 28.8 Å². The first-order chi connectivity index (χ1) is 21.8. The first kappa shape index (κ1) is 24.6. The molecule has 0 saturated heterocycles. The van der Waals surface area contributed by atoms with Gasteiger partial charge in [-0.05, 0) is 74.8 Å². The summed E-state index contributed by atoms with van der Waals surface area (Å²) in [4.78, 5) is 10.2. The van der Waals surface area contributed by atoms with Crippen molar-refractivity contribution < 1.29 is 9.47 Å². The summed E-state index contributed by atoms with van der Waals surface area (Å²) in [6.07, 6.45) is 0. The van der Waals surface area contributed by atoms with Gasteiger partial charge in [0.15, 0.2) is 28.8 Å². The van der Waals surface area contributed by atoms with Crippen LogP contribution >= 0.6 is 0 Å². The number of ether oxygens (including phenoxy) is 2. The molecule has 0 N–H and O–H groups in total. The first-order valence-electron chi connectivity index (χ1n) is 14.7. The van der Waals surface area contributed by atoms with E-state index in [9.17, 15) is 0 Å². The number of fused-ring (bicyclic) bond motifs is 8. The summed E-state index contributed by atoms with van der Waals surface area (Å²) >= 11 is 0. The Bertz CT molecular complexity index is 2360. The lowest BCUT2D eigenvalue weighted by molar-refractivity contribution is 0.360. The Morgan fingerprint density at radius 3 is 1.50 bits per heavy atom. The summed E-state index contributed by atoms with van der Waals surface area (Å²) in [7, 11) is 0. The van der Waals surface area contributed by atoms with Gasteiger partial charge < -0.3 is 9.47 Å². The molecule has 0 aliphatic carbocycles. The van der Waals surface area contributed by atoms with Crippen LogP contribution in [0.4, 0.5) is 0 Å². The Kier molecular flexibility index (Phi) is 5.47. The van der Waals surface area contributed by atoms with Gasteiger partial charge in [0.25, 0.3) is 0 Å². The van der Waals surface area contributed by atoms with E-state index in [1.807, 2.05) is 66.7 Å². The molecule has 0 saturated carbocycles. The third kappa shape index (κ3) is 4.00. The van der Waals surface area contributed by atoms with Crippen LogP contribution in [0.5, 0.6) is 23.0 Å². The zero-order valence-corrected chi connectivity index (χ0v) is 23.6. The molecule has 1 aliphatic rings. The van der Waals surface area contributed by atoms with Crippen molar-refractivity contribution in [2.45, 2.75) is 0 Å². The standard InChI is InChI=1S/C40H24N2O2/c1-2-10-25(11-3-1)34-24-35(26-19-21-38-39(23-26)44-37-17-9-8-16-36(37)43-38)42-40(41-34)27-18-20-32-30-14-5-4-12-28(30)29-13-6-7-15-31(29)33(32)22-27/h1-24H. The van der Waals surface area contributed by atoms with Crippen LogP contribution in [0.2, 0.25) is 0 Å². The Morgan fingerprint density at radius 2 is 0.818 bits per heavy atom. The minimum atomic E-state index is 0.659. The molecule has 7 aromatic carbocycles. The lowest BCUT2D eigenvalue weighted by Crippen LogP contribution is -2.00. The lowest BCUT2D eigenvalue weighted by Gasteiger charge is -2.21. The van der Waals surface area contributed by atoms with Crippen LogP contribution in [-0.4, -0.2) is 9.97 Å². The monoisotopic (exact) mass is 564 g/mol. The number of benzene rings is 7. The van der Waals surface area contributed by atoms with Gasteiger partial charge in [0.1, 0.15) is 0 Å². The van der Waals surface area contributed by atoms with Crippen molar-refractivity contribution in [1.29, 1.82) is 0 Å². The topological polar surface area (TPSA) is 44.2 Å². The molecule has 0 atom stereocenters. The van der Waals surface area contributed by atoms with Gasteiger partial charge in [-0.2, -0.15) is 0 Å². The lowest BCUT2D eigenvalue weighted by atomic mass is 9.93. The van der Waals surface area contributed by atoms with Crippen LogP contribution in [0.3, 0.4) is 0 Å². The number of aromatic nitrogens is 2. The summed E-state index contributed by atoms with van der Waals surface area (Å²) in [5, 5.41) is 7.36. The van der Waals surface area contributed by atoms with E-state index in [4.69, 9.17) is 19.4 Å². The van der Waals surface area contributed by atoms with E-state index >= 15 is 0 Å². The highest BCUT2D eigenvalue weighted by Crippen LogP contribution is 2.46. The molecule has 4 nitrogen and oxygen atoms in total. The van der Waals surface area contributed by atoms with Gasteiger partial charge in [-0.3, -0.25) is 0 Å². The average molecular weight is 565 g/mol. The summed E-state index contributed by atoms with van der Waals surface area (Å²) in [5.41, 5.74) is 4.58. The number of hydrogen-bond acceptors (Lipinski definition) is 4. The fourth-order valence-electron chi connectivity index (χ4n) is 6.21. The first-order valence-corrected chi connectivity index (χ1v) is 14.7. The second-order valence-electron chi connectivity index (χ2n) is 11.0. The highest BCUT2D eigenvalue weighted by atomic mass is 16.6. The highest BCUT2D eigenvalue weighted by molar-refractivity contribution is 6.25. The van der Waals surface area contributed by atoms with Crippen molar-refractivity contribution in [3.8, 4) is 56.9 Å². The quantitative estimate of drug-likeness (QED) is 0.200. The molecule has 8 aromatic rings. The molecule has 4 heteroatoms. The fraction of sp³-hybridized carbons (Fsp3) is 0. The number of para-hydroxylation sites is 2. The molecule has 1 aliphatic heterocycles. The van der Waals surface area contributed by atoms with Crippen LogP contribution in [0, 0.1) is 0 Å². The van der Waals surface area contributed by atoms with Crippen molar-refractivity contribution in [2.75, 3.05) is 0 Å². The van der Waals surface area contributed by atoms with Gasteiger partial charge in [-0.15, -0.1) is 0 Å². The maximum atomic E-state index is 6.23. The molecular weight excluding hydrogens is 540 g/mol. The second-order valence-corrected chi connectivity index (χ2v) is 11.0. The Labute approximate surface area is 253 Å². The summed E-state index contributed by atoms with van der Waals surface area (Å²) in [5.74, 6) is 3.41. The Balaban J connectivity index is 1.23. The van der Waals surface area contributed by atoms with Crippen LogP contribution in [0.25, 0.3) is 66.2 Å². The van der Waals surface area contributed by atoms with Crippen LogP contribution in [-0.2, 0) is 0 Å². The molecule has 0 bridgehead atoms. The normalized spacial score (nSPS) is 12.0. The smallest absolute Gasteiger partial charge is 0.170 e. The van der Waals surface area contributed by atoms with Crippen molar-refractivity contribution in [3.05, 3.63) is 146 Å². The van der Waals surface area contributed by atoms with Gasteiger partial charge in [0, 0.05) is 16.7 Å². The largest absolute Gasteiger partial charge is 0.450 e. The van der Waals surface area contributed by atoms with Crippen molar-refractivity contribution in [2.24, 2.45) is 0 Å². The molecule has 1 aromatic heterocycles. The predicted molar refractivity (Wildman–Crippen MR) is 177 cm³/mol. The molecular formula is C40H24N2O2. The zero-order valence-electron chi connectivity index (χ0n) is 23.6. The zero-order chi connectivity index (χ0) is 29.0. The summed E-state index contributed by atoms with van der Waals surface area (Å²) < 4.78 is 12.3. The fourth-order valence-corrected chi connectivity index (χ4v) is 6.21. The maximum absolute atomic E-state index is 6.23. The van der Waals surface area contributed by atoms with E-state index in [2.05, 4.69) is 78.9 Å². The van der Waals surface area contributed by atoms with Crippen LogP contribution in [0.15, 0.2) is 146 Å². The van der Waals surface area contributed by atoms with E-state index in [0.717, 1.165) is 28.1 Å². The van der Waals surface area contributed by atoms with Gasteiger partial charge in [-0.25, -0.2) is 9.97 Å². The third-order valence-electron chi connectivity index (χ3n) is 8.33. The molecule has 44 heavy (non-hydrogen) atoms. The van der Waals surface area contributed by atoms with Crippen LogP contribution in [0.1, 0.15) is 0 Å². The molecule has 0 amide bonds. The maximum Gasteiger partial charge on any atom is 0.170 e. The number of nitrogens with zero attached hydrogens (tertiary/aromatic N) is 2. The molecule has 0 fully saturated rings. The molecule has 0 radical (unpaired) electrons. The van der Waals surface area contributed by atoms with Gasteiger partial charge >= 0.3 is 0 Å². The number of rotatable bonds is 3. The Hall–Kier alpha value is -6.00. The van der Waals surface area contributed by atoms with Crippen molar-refractivity contribution >= 4 is 32.3 Å². The molecule has 0 spiro atoms. The molecule has 9 rings (SSSR count). The average Bonchev–Trinajstić information content (AvgIpc) is 3.10. The van der Waals surface area contributed by atoms with Crippen LogP contribution < -0.4 is 9.47 Å². The van der Waals surface area contributed by atoms with Gasteiger partial charge in [0.05, 0.1) is 11.4 Å². The second kappa shape index (κ2) is 9.79. The highest BCUT2D eigenvalue weighted by Gasteiger charge is 2.20. The SMILES string of the molecule is c1ccc(-c2cc(-c3ccc4c(c3)Oc3ccccc3O4)nc(-c3ccc4c5ccccc5c5ccccc5c4c3)n2)cc1. The summed E-state index contributed by atoms with van der Waals surface area (Å²) in [6, 6.07) is 49.8. The van der Waals surface area contributed by atoms with Crippen molar-refractivity contribution in [1.82, 2.24) is 9.97 Å². The molecule has 206 valence electrons.